The third kappa shape index (κ3) is 3.11. The molecule has 0 fully saturated rings. The Balaban J connectivity index is 1.74. The number of nitrogens with two attached hydrogens (primary N) is 2. The fourth-order valence-electron chi connectivity index (χ4n) is 1.89. The largest absolute Gasteiger partial charge is 0.485 e. The highest BCUT2D eigenvalue weighted by molar-refractivity contribution is 5.67. The van der Waals surface area contributed by atoms with Crippen molar-refractivity contribution >= 4 is 11.4 Å². The number of nitrogens with zero attached hydrogens (tertiary/aromatic N) is 2. The molecule has 3 rings (SSSR count). The van der Waals surface area contributed by atoms with Crippen LogP contribution < -0.4 is 16.2 Å². The summed E-state index contributed by atoms with van der Waals surface area (Å²) in [4.78, 5) is 4.26. The number of aromatic nitrogens is 2. The van der Waals surface area contributed by atoms with E-state index in [9.17, 15) is 0 Å². The lowest BCUT2D eigenvalue weighted by atomic mass is 10.2. The van der Waals surface area contributed by atoms with Gasteiger partial charge in [-0.1, -0.05) is 23.4 Å². The second-order valence-corrected chi connectivity index (χ2v) is 4.51. The zero-order chi connectivity index (χ0) is 14.7. The van der Waals surface area contributed by atoms with Crippen LogP contribution in [0.5, 0.6) is 5.75 Å². The Hall–Kier alpha value is -3.02. The van der Waals surface area contributed by atoms with Gasteiger partial charge in [-0.2, -0.15) is 4.98 Å². The Bertz CT molecular complexity index is 720. The molecule has 21 heavy (non-hydrogen) atoms. The molecule has 0 saturated heterocycles. The second kappa shape index (κ2) is 5.54. The Morgan fingerprint density at radius 3 is 2.43 bits per heavy atom. The molecule has 0 aliphatic carbocycles. The van der Waals surface area contributed by atoms with Crippen LogP contribution in [0.1, 0.15) is 5.82 Å². The summed E-state index contributed by atoms with van der Waals surface area (Å²) in [6.07, 6.45) is 0. The van der Waals surface area contributed by atoms with Crippen molar-refractivity contribution in [3.8, 4) is 17.2 Å². The zero-order valence-corrected chi connectivity index (χ0v) is 11.2. The van der Waals surface area contributed by atoms with Crippen molar-refractivity contribution in [2.24, 2.45) is 0 Å². The number of rotatable bonds is 4. The number of para-hydroxylation sites is 1. The van der Waals surface area contributed by atoms with E-state index >= 15 is 0 Å². The SMILES string of the molecule is Nc1cc(N)cc(-c2nc(COc3ccccc3)no2)c1. The third-order valence-corrected chi connectivity index (χ3v) is 2.80. The van der Waals surface area contributed by atoms with Gasteiger partial charge in [-0.15, -0.1) is 0 Å². The summed E-state index contributed by atoms with van der Waals surface area (Å²) in [6, 6.07) is 14.6. The molecular weight excluding hydrogens is 268 g/mol. The molecular formula is C15H14N4O2. The summed E-state index contributed by atoms with van der Waals surface area (Å²) in [5.41, 5.74) is 13.3. The van der Waals surface area contributed by atoms with Crippen molar-refractivity contribution in [1.82, 2.24) is 10.1 Å². The molecule has 1 aromatic heterocycles. The molecule has 0 aliphatic heterocycles. The van der Waals surface area contributed by atoms with Gasteiger partial charge in [0.05, 0.1) is 0 Å². The summed E-state index contributed by atoms with van der Waals surface area (Å²) < 4.78 is 10.8. The Morgan fingerprint density at radius 2 is 1.71 bits per heavy atom. The quantitative estimate of drug-likeness (QED) is 0.713. The van der Waals surface area contributed by atoms with Gasteiger partial charge in [-0.25, -0.2) is 0 Å². The Morgan fingerprint density at radius 1 is 1.00 bits per heavy atom. The van der Waals surface area contributed by atoms with E-state index in [0.29, 0.717) is 28.7 Å². The van der Waals surface area contributed by atoms with E-state index in [2.05, 4.69) is 10.1 Å². The van der Waals surface area contributed by atoms with E-state index in [1.54, 1.807) is 18.2 Å². The Labute approximate surface area is 121 Å². The lowest BCUT2D eigenvalue weighted by Gasteiger charge is -2.01. The van der Waals surface area contributed by atoms with Crippen molar-refractivity contribution in [3.05, 3.63) is 54.4 Å². The topological polar surface area (TPSA) is 100 Å². The molecule has 1 heterocycles. The van der Waals surface area contributed by atoms with Gasteiger partial charge in [0.1, 0.15) is 5.75 Å². The molecule has 0 unspecified atom stereocenters. The van der Waals surface area contributed by atoms with Crippen LogP contribution in [0.2, 0.25) is 0 Å². The normalized spacial score (nSPS) is 10.5. The van der Waals surface area contributed by atoms with Gasteiger partial charge in [-0.3, -0.25) is 0 Å². The minimum Gasteiger partial charge on any atom is -0.485 e. The molecule has 0 atom stereocenters. The zero-order valence-electron chi connectivity index (χ0n) is 11.2. The molecule has 0 saturated carbocycles. The van der Waals surface area contributed by atoms with E-state index in [0.717, 1.165) is 5.75 Å². The first-order chi connectivity index (χ1) is 10.2. The van der Waals surface area contributed by atoms with E-state index in [1.165, 1.54) is 0 Å². The van der Waals surface area contributed by atoms with Gasteiger partial charge < -0.3 is 20.7 Å². The van der Waals surface area contributed by atoms with E-state index in [-0.39, 0.29) is 6.61 Å². The molecule has 0 bridgehead atoms. The monoisotopic (exact) mass is 282 g/mol. The average molecular weight is 282 g/mol. The van der Waals surface area contributed by atoms with Crippen LogP contribution in [0, 0.1) is 0 Å². The van der Waals surface area contributed by atoms with Gasteiger partial charge in [0.2, 0.25) is 5.82 Å². The number of anilines is 2. The average Bonchev–Trinajstić information content (AvgIpc) is 2.94. The Kier molecular flexibility index (Phi) is 3.42. The molecule has 4 N–H and O–H groups in total. The minimum atomic E-state index is 0.227. The summed E-state index contributed by atoms with van der Waals surface area (Å²) in [6.45, 7) is 0.227. The molecule has 0 radical (unpaired) electrons. The van der Waals surface area contributed by atoms with Crippen LogP contribution >= 0.6 is 0 Å². The van der Waals surface area contributed by atoms with Crippen LogP contribution in [0.3, 0.4) is 0 Å². The van der Waals surface area contributed by atoms with Gasteiger partial charge in [0, 0.05) is 16.9 Å². The number of hydrogen-bond acceptors (Lipinski definition) is 6. The smallest absolute Gasteiger partial charge is 0.258 e. The minimum absolute atomic E-state index is 0.227. The maximum absolute atomic E-state index is 5.74. The predicted molar refractivity (Wildman–Crippen MR) is 79.3 cm³/mol. The predicted octanol–water partition coefficient (Wildman–Crippen LogP) is 2.48. The molecule has 6 nitrogen and oxygen atoms in total. The molecule has 3 aromatic rings. The maximum Gasteiger partial charge on any atom is 0.258 e. The van der Waals surface area contributed by atoms with Crippen molar-refractivity contribution in [3.63, 3.8) is 0 Å². The first-order valence-electron chi connectivity index (χ1n) is 6.37. The van der Waals surface area contributed by atoms with Crippen LogP contribution in [0.15, 0.2) is 53.1 Å². The summed E-state index contributed by atoms with van der Waals surface area (Å²) in [5.74, 6) is 1.56. The maximum atomic E-state index is 5.74. The highest BCUT2D eigenvalue weighted by Crippen LogP contribution is 2.23. The van der Waals surface area contributed by atoms with Crippen LogP contribution in [-0.4, -0.2) is 10.1 Å². The van der Waals surface area contributed by atoms with Crippen LogP contribution in [0.4, 0.5) is 11.4 Å². The standard InChI is InChI=1S/C15H14N4O2/c16-11-6-10(7-12(17)8-11)15-18-14(19-21-15)9-20-13-4-2-1-3-5-13/h1-8H,9,16-17H2. The summed E-state index contributed by atoms with van der Waals surface area (Å²) in [5, 5.41) is 3.87. The van der Waals surface area contributed by atoms with Gasteiger partial charge in [0.15, 0.2) is 6.61 Å². The van der Waals surface area contributed by atoms with Crippen molar-refractivity contribution < 1.29 is 9.26 Å². The van der Waals surface area contributed by atoms with Crippen LogP contribution in [0.25, 0.3) is 11.5 Å². The fourth-order valence-corrected chi connectivity index (χ4v) is 1.89. The van der Waals surface area contributed by atoms with Crippen molar-refractivity contribution in [1.29, 1.82) is 0 Å². The number of nitrogen functional groups attached to an aromatic ring is 2. The number of ether oxygens (including phenoxy) is 1. The first kappa shape index (κ1) is 13.0. The van der Waals surface area contributed by atoms with Gasteiger partial charge in [0.25, 0.3) is 5.89 Å². The molecule has 0 spiro atoms. The lowest BCUT2D eigenvalue weighted by molar-refractivity contribution is 0.287. The van der Waals surface area contributed by atoms with Crippen LogP contribution in [-0.2, 0) is 6.61 Å². The number of hydrogen-bond donors (Lipinski definition) is 2. The van der Waals surface area contributed by atoms with E-state index in [1.807, 2.05) is 30.3 Å². The number of benzene rings is 2. The highest BCUT2D eigenvalue weighted by Gasteiger charge is 2.10. The van der Waals surface area contributed by atoms with Crippen molar-refractivity contribution in [2.45, 2.75) is 6.61 Å². The van der Waals surface area contributed by atoms with E-state index in [4.69, 9.17) is 20.7 Å². The molecule has 6 heteroatoms. The fraction of sp³-hybridized carbons (Fsp3) is 0.0667. The molecule has 0 aliphatic rings. The molecule has 2 aromatic carbocycles. The van der Waals surface area contributed by atoms with Gasteiger partial charge >= 0.3 is 0 Å². The van der Waals surface area contributed by atoms with Gasteiger partial charge in [-0.05, 0) is 30.3 Å². The highest BCUT2D eigenvalue weighted by atomic mass is 16.5. The summed E-state index contributed by atoms with van der Waals surface area (Å²) in [7, 11) is 0. The second-order valence-electron chi connectivity index (χ2n) is 4.51. The first-order valence-corrected chi connectivity index (χ1v) is 6.37. The molecule has 0 amide bonds. The lowest BCUT2D eigenvalue weighted by Crippen LogP contribution is -1.97. The van der Waals surface area contributed by atoms with Crippen molar-refractivity contribution in [2.75, 3.05) is 11.5 Å². The van der Waals surface area contributed by atoms with E-state index < -0.39 is 0 Å². The third-order valence-electron chi connectivity index (χ3n) is 2.80. The molecule has 106 valence electrons. The summed E-state index contributed by atoms with van der Waals surface area (Å²) >= 11 is 0.